The Labute approximate surface area is 160 Å². The van der Waals surface area contributed by atoms with Gasteiger partial charge in [-0.15, -0.1) is 0 Å². The van der Waals surface area contributed by atoms with E-state index in [1.165, 1.54) is 0 Å². The lowest BCUT2D eigenvalue weighted by atomic mass is 10.2. The zero-order valence-electron chi connectivity index (χ0n) is 15.9. The first kappa shape index (κ1) is 18.6. The molecule has 0 radical (unpaired) electrons. The summed E-state index contributed by atoms with van der Waals surface area (Å²) in [4.78, 5) is 23.6. The van der Waals surface area contributed by atoms with Gasteiger partial charge in [-0.05, 0) is 38.0 Å². The molecular formula is C22H24N4O. The van der Waals surface area contributed by atoms with Crippen molar-refractivity contribution in [1.29, 1.82) is 0 Å². The summed E-state index contributed by atoms with van der Waals surface area (Å²) in [6.45, 7) is 6.97. The molecule has 1 heterocycles. The summed E-state index contributed by atoms with van der Waals surface area (Å²) < 4.78 is 0. The minimum absolute atomic E-state index is 0.0975. The maximum Gasteiger partial charge on any atom is 0.272 e. The summed E-state index contributed by atoms with van der Waals surface area (Å²) in [6, 6.07) is 19.7. The van der Waals surface area contributed by atoms with Gasteiger partial charge in [0, 0.05) is 24.8 Å². The SMILES string of the molecule is CCN(Cc1ccccc1)C(=O)c1cc(Nc2ccccc2C)nc(C)n1. The van der Waals surface area contributed by atoms with Crippen LogP contribution in [0.5, 0.6) is 0 Å². The van der Waals surface area contributed by atoms with Crippen LogP contribution in [0.15, 0.2) is 60.7 Å². The molecule has 0 atom stereocenters. The van der Waals surface area contributed by atoms with E-state index in [1.54, 1.807) is 17.9 Å². The molecule has 27 heavy (non-hydrogen) atoms. The van der Waals surface area contributed by atoms with E-state index in [0.29, 0.717) is 30.4 Å². The molecule has 2 aromatic carbocycles. The van der Waals surface area contributed by atoms with Crippen molar-refractivity contribution in [2.45, 2.75) is 27.3 Å². The lowest BCUT2D eigenvalue weighted by Crippen LogP contribution is -2.31. The molecule has 1 aromatic heterocycles. The first-order valence-electron chi connectivity index (χ1n) is 9.08. The molecule has 0 aliphatic carbocycles. The fourth-order valence-electron chi connectivity index (χ4n) is 2.89. The second-order valence-electron chi connectivity index (χ2n) is 6.43. The van der Waals surface area contributed by atoms with Crippen molar-refractivity contribution in [3.05, 3.63) is 83.3 Å². The summed E-state index contributed by atoms with van der Waals surface area (Å²) >= 11 is 0. The second-order valence-corrected chi connectivity index (χ2v) is 6.43. The van der Waals surface area contributed by atoms with Crippen molar-refractivity contribution in [1.82, 2.24) is 14.9 Å². The third-order valence-corrected chi connectivity index (χ3v) is 4.35. The van der Waals surface area contributed by atoms with Crippen LogP contribution in [-0.4, -0.2) is 27.3 Å². The Bertz CT molecular complexity index is 925. The van der Waals surface area contributed by atoms with Gasteiger partial charge in [-0.3, -0.25) is 4.79 Å². The number of carbonyl (C=O) groups is 1. The number of anilines is 2. The molecule has 0 saturated carbocycles. The molecule has 0 fully saturated rings. The van der Waals surface area contributed by atoms with Crippen LogP contribution in [0.3, 0.4) is 0 Å². The van der Waals surface area contributed by atoms with E-state index in [1.807, 2.05) is 68.4 Å². The van der Waals surface area contributed by atoms with Crippen molar-refractivity contribution >= 4 is 17.4 Å². The molecule has 0 spiro atoms. The summed E-state index contributed by atoms with van der Waals surface area (Å²) in [5, 5.41) is 3.29. The molecule has 5 heteroatoms. The number of para-hydroxylation sites is 1. The molecule has 1 amide bonds. The maximum absolute atomic E-state index is 13.0. The van der Waals surface area contributed by atoms with Crippen LogP contribution in [0.2, 0.25) is 0 Å². The van der Waals surface area contributed by atoms with Crippen molar-refractivity contribution in [3.8, 4) is 0 Å². The average molecular weight is 360 g/mol. The van der Waals surface area contributed by atoms with Gasteiger partial charge in [-0.1, -0.05) is 48.5 Å². The van der Waals surface area contributed by atoms with Crippen LogP contribution in [0.4, 0.5) is 11.5 Å². The largest absolute Gasteiger partial charge is 0.340 e. The van der Waals surface area contributed by atoms with Crippen LogP contribution in [-0.2, 0) is 6.54 Å². The number of hydrogen-bond donors (Lipinski definition) is 1. The van der Waals surface area contributed by atoms with Gasteiger partial charge in [0.25, 0.3) is 5.91 Å². The van der Waals surface area contributed by atoms with Crippen LogP contribution in [0.25, 0.3) is 0 Å². The summed E-state index contributed by atoms with van der Waals surface area (Å²) in [6.07, 6.45) is 0. The Kier molecular flexibility index (Phi) is 5.81. The number of rotatable bonds is 6. The number of amides is 1. The van der Waals surface area contributed by atoms with E-state index in [9.17, 15) is 4.79 Å². The van der Waals surface area contributed by atoms with Gasteiger partial charge in [0.15, 0.2) is 0 Å². The number of aromatic nitrogens is 2. The number of nitrogens with zero attached hydrogens (tertiary/aromatic N) is 3. The monoisotopic (exact) mass is 360 g/mol. The number of aryl methyl sites for hydroxylation is 2. The molecule has 0 bridgehead atoms. The number of nitrogens with one attached hydrogen (secondary N) is 1. The first-order chi connectivity index (χ1) is 13.1. The molecule has 0 saturated heterocycles. The highest BCUT2D eigenvalue weighted by Gasteiger charge is 2.18. The van der Waals surface area contributed by atoms with Crippen LogP contribution in [0, 0.1) is 13.8 Å². The summed E-state index contributed by atoms with van der Waals surface area (Å²) in [7, 11) is 0. The molecule has 138 valence electrons. The molecule has 0 unspecified atom stereocenters. The molecule has 5 nitrogen and oxygen atoms in total. The third kappa shape index (κ3) is 4.70. The average Bonchev–Trinajstić information content (AvgIpc) is 2.68. The Morgan fingerprint density at radius 3 is 2.41 bits per heavy atom. The standard InChI is InChI=1S/C22H24N4O/c1-4-26(15-18-11-6-5-7-12-18)22(27)20-14-21(24-17(3)23-20)25-19-13-9-8-10-16(19)2/h5-14H,4,15H2,1-3H3,(H,23,24,25). The van der Waals surface area contributed by atoms with Gasteiger partial charge in [-0.25, -0.2) is 9.97 Å². The third-order valence-electron chi connectivity index (χ3n) is 4.35. The van der Waals surface area contributed by atoms with E-state index in [4.69, 9.17) is 0 Å². The minimum Gasteiger partial charge on any atom is -0.340 e. The van der Waals surface area contributed by atoms with Crippen molar-refractivity contribution in [2.24, 2.45) is 0 Å². The van der Waals surface area contributed by atoms with Gasteiger partial charge in [0.1, 0.15) is 17.3 Å². The smallest absolute Gasteiger partial charge is 0.272 e. The molecule has 3 aromatic rings. The predicted octanol–water partition coefficient (Wildman–Crippen LogP) is 4.50. The van der Waals surface area contributed by atoms with Crippen LogP contribution < -0.4 is 5.32 Å². The Morgan fingerprint density at radius 2 is 1.70 bits per heavy atom. The Balaban J connectivity index is 1.83. The normalized spacial score (nSPS) is 10.5. The highest BCUT2D eigenvalue weighted by atomic mass is 16.2. The first-order valence-corrected chi connectivity index (χ1v) is 9.08. The van der Waals surface area contributed by atoms with Crippen LogP contribution >= 0.6 is 0 Å². The van der Waals surface area contributed by atoms with Gasteiger partial charge in [0.2, 0.25) is 0 Å². The van der Waals surface area contributed by atoms with Crippen molar-refractivity contribution < 1.29 is 4.79 Å². The van der Waals surface area contributed by atoms with E-state index in [-0.39, 0.29) is 5.91 Å². The van der Waals surface area contributed by atoms with E-state index in [0.717, 1.165) is 16.8 Å². The second kappa shape index (κ2) is 8.45. The fourth-order valence-corrected chi connectivity index (χ4v) is 2.89. The minimum atomic E-state index is -0.0975. The zero-order valence-corrected chi connectivity index (χ0v) is 15.9. The Morgan fingerprint density at radius 1 is 1.00 bits per heavy atom. The van der Waals surface area contributed by atoms with Crippen molar-refractivity contribution in [3.63, 3.8) is 0 Å². The van der Waals surface area contributed by atoms with Crippen LogP contribution in [0.1, 0.15) is 34.4 Å². The number of carbonyl (C=O) groups excluding carboxylic acids is 1. The Hall–Kier alpha value is -3.21. The molecule has 0 aliphatic heterocycles. The van der Waals surface area contributed by atoms with E-state index in [2.05, 4.69) is 15.3 Å². The van der Waals surface area contributed by atoms with Gasteiger partial charge < -0.3 is 10.2 Å². The predicted molar refractivity (Wildman–Crippen MR) is 108 cm³/mol. The fraction of sp³-hybridized carbons (Fsp3) is 0.227. The highest BCUT2D eigenvalue weighted by Crippen LogP contribution is 2.20. The van der Waals surface area contributed by atoms with Crippen molar-refractivity contribution in [2.75, 3.05) is 11.9 Å². The summed E-state index contributed by atoms with van der Waals surface area (Å²) in [5.74, 6) is 1.09. The van der Waals surface area contributed by atoms with Gasteiger partial charge >= 0.3 is 0 Å². The van der Waals surface area contributed by atoms with E-state index >= 15 is 0 Å². The molecule has 0 aliphatic rings. The molecule has 1 N–H and O–H groups in total. The van der Waals surface area contributed by atoms with E-state index < -0.39 is 0 Å². The quantitative estimate of drug-likeness (QED) is 0.703. The lowest BCUT2D eigenvalue weighted by molar-refractivity contribution is 0.0746. The topological polar surface area (TPSA) is 58.1 Å². The molecular weight excluding hydrogens is 336 g/mol. The number of benzene rings is 2. The maximum atomic E-state index is 13.0. The zero-order chi connectivity index (χ0) is 19.2. The molecule has 3 rings (SSSR count). The highest BCUT2D eigenvalue weighted by molar-refractivity contribution is 5.93. The van der Waals surface area contributed by atoms with Gasteiger partial charge in [-0.2, -0.15) is 0 Å². The van der Waals surface area contributed by atoms with Gasteiger partial charge in [0.05, 0.1) is 0 Å². The lowest BCUT2D eigenvalue weighted by Gasteiger charge is -2.21. The summed E-state index contributed by atoms with van der Waals surface area (Å²) in [5.41, 5.74) is 3.57. The number of hydrogen-bond acceptors (Lipinski definition) is 4.